The van der Waals surface area contributed by atoms with Crippen LogP contribution in [-0.4, -0.2) is 25.0 Å². The monoisotopic (exact) mass is 194 g/mol. The molecule has 76 valence electrons. The normalized spacial score (nSPS) is 21.9. The van der Waals surface area contributed by atoms with E-state index in [0.29, 0.717) is 5.56 Å². The number of hydrogen-bond acceptors (Lipinski definition) is 3. The average Bonchev–Trinajstić information content (AvgIpc) is 2.72. The molecule has 2 heterocycles. The first kappa shape index (κ1) is 9.27. The van der Waals surface area contributed by atoms with Gasteiger partial charge in [0.1, 0.15) is 6.26 Å². The van der Waals surface area contributed by atoms with Crippen LogP contribution in [0.3, 0.4) is 0 Å². The molecule has 14 heavy (non-hydrogen) atoms. The zero-order chi connectivity index (χ0) is 9.80. The van der Waals surface area contributed by atoms with E-state index in [4.69, 9.17) is 4.42 Å². The van der Waals surface area contributed by atoms with Crippen LogP contribution >= 0.6 is 0 Å². The smallest absolute Gasteiger partial charge is 0.254 e. The summed E-state index contributed by atoms with van der Waals surface area (Å²) in [5.41, 5.74) is 0.593. The van der Waals surface area contributed by atoms with Gasteiger partial charge in [-0.25, -0.2) is 0 Å². The van der Waals surface area contributed by atoms with Crippen molar-refractivity contribution in [2.24, 2.45) is 0 Å². The number of amides is 1. The maximum atomic E-state index is 11.6. The Morgan fingerprint density at radius 3 is 3.21 bits per heavy atom. The lowest BCUT2D eigenvalue weighted by atomic mass is 10.1. The lowest BCUT2D eigenvalue weighted by Gasteiger charge is -2.23. The van der Waals surface area contributed by atoms with Gasteiger partial charge in [-0.3, -0.25) is 4.79 Å². The van der Waals surface area contributed by atoms with Crippen molar-refractivity contribution in [1.82, 2.24) is 10.6 Å². The van der Waals surface area contributed by atoms with Gasteiger partial charge in [-0.1, -0.05) is 0 Å². The molecule has 1 aliphatic rings. The van der Waals surface area contributed by atoms with E-state index in [1.165, 1.54) is 12.5 Å². The fourth-order valence-corrected chi connectivity index (χ4v) is 1.64. The van der Waals surface area contributed by atoms with Crippen molar-refractivity contribution in [2.75, 3.05) is 13.1 Å². The van der Waals surface area contributed by atoms with Crippen LogP contribution in [-0.2, 0) is 0 Å². The van der Waals surface area contributed by atoms with E-state index in [0.717, 1.165) is 25.9 Å². The first-order valence-electron chi connectivity index (χ1n) is 4.90. The number of hydrogen-bond donors (Lipinski definition) is 2. The molecule has 0 unspecified atom stereocenters. The zero-order valence-electron chi connectivity index (χ0n) is 7.95. The number of carbonyl (C=O) groups excluding carboxylic acids is 1. The summed E-state index contributed by atoms with van der Waals surface area (Å²) in [4.78, 5) is 11.6. The second-order valence-corrected chi connectivity index (χ2v) is 3.53. The summed E-state index contributed by atoms with van der Waals surface area (Å²) in [5, 5.41) is 6.21. The maximum Gasteiger partial charge on any atom is 0.254 e. The topological polar surface area (TPSA) is 54.3 Å². The van der Waals surface area contributed by atoms with E-state index in [9.17, 15) is 4.79 Å². The van der Waals surface area contributed by atoms with Gasteiger partial charge in [0.2, 0.25) is 0 Å². The van der Waals surface area contributed by atoms with Gasteiger partial charge < -0.3 is 15.1 Å². The van der Waals surface area contributed by atoms with E-state index in [1.807, 2.05) is 0 Å². The van der Waals surface area contributed by atoms with Crippen molar-refractivity contribution >= 4 is 5.91 Å². The van der Waals surface area contributed by atoms with Crippen molar-refractivity contribution in [2.45, 2.75) is 18.9 Å². The molecule has 1 amide bonds. The van der Waals surface area contributed by atoms with Gasteiger partial charge in [0.15, 0.2) is 0 Å². The molecule has 0 aliphatic carbocycles. The molecule has 0 saturated carbocycles. The van der Waals surface area contributed by atoms with Gasteiger partial charge in [0, 0.05) is 12.6 Å². The van der Waals surface area contributed by atoms with E-state index < -0.39 is 0 Å². The van der Waals surface area contributed by atoms with Gasteiger partial charge in [0.25, 0.3) is 5.91 Å². The van der Waals surface area contributed by atoms with Crippen molar-refractivity contribution in [3.8, 4) is 0 Å². The van der Waals surface area contributed by atoms with Crippen molar-refractivity contribution in [3.05, 3.63) is 24.2 Å². The summed E-state index contributed by atoms with van der Waals surface area (Å²) in [6.07, 6.45) is 5.15. The average molecular weight is 194 g/mol. The molecule has 4 heteroatoms. The maximum absolute atomic E-state index is 11.6. The Kier molecular flexibility index (Phi) is 2.84. The van der Waals surface area contributed by atoms with Crippen LogP contribution < -0.4 is 10.6 Å². The standard InChI is InChI=1S/C10H14N2O2/c13-10(8-3-5-14-7-8)12-9-2-1-4-11-6-9/h3,5,7,9,11H,1-2,4,6H2,(H,12,13)/t9-/m1/s1. The number of nitrogens with one attached hydrogen (secondary N) is 2. The highest BCUT2D eigenvalue weighted by atomic mass is 16.3. The van der Waals surface area contributed by atoms with Gasteiger partial charge in [0.05, 0.1) is 11.8 Å². The highest BCUT2D eigenvalue weighted by molar-refractivity contribution is 5.93. The largest absolute Gasteiger partial charge is 0.472 e. The molecule has 1 aromatic rings. The Labute approximate surface area is 82.7 Å². The molecule has 4 nitrogen and oxygen atoms in total. The van der Waals surface area contributed by atoms with E-state index in [-0.39, 0.29) is 11.9 Å². The Morgan fingerprint density at radius 2 is 2.57 bits per heavy atom. The molecule has 0 spiro atoms. The van der Waals surface area contributed by atoms with Crippen LogP contribution in [0.25, 0.3) is 0 Å². The molecule has 1 aromatic heterocycles. The van der Waals surface area contributed by atoms with Crippen LogP contribution in [0.4, 0.5) is 0 Å². The van der Waals surface area contributed by atoms with Crippen molar-refractivity contribution in [1.29, 1.82) is 0 Å². The number of furan rings is 1. The molecule has 1 fully saturated rings. The molecule has 1 aliphatic heterocycles. The first-order chi connectivity index (χ1) is 6.86. The summed E-state index contributed by atoms with van der Waals surface area (Å²) in [6.45, 7) is 1.92. The summed E-state index contributed by atoms with van der Waals surface area (Å²) >= 11 is 0. The second-order valence-electron chi connectivity index (χ2n) is 3.53. The Hall–Kier alpha value is -1.29. The van der Waals surface area contributed by atoms with Gasteiger partial charge >= 0.3 is 0 Å². The molecule has 0 bridgehead atoms. The third-order valence-corrected chi connectivity index (χ3v) is 2.42. The number of rotatable bonds is 2. The first-order valence-corrected chi connectivity index (χ1v) is 4.90. The molecule has 1 atom stereocenters. The third kappa shape index (κ3) is 2.14. The van der Waals surface area contributed by atoms with Crippen molar-refractivity contribution < 1.29 is 9.21 Å². The zero-order valence-corrected chi connectivity index (χ0v) is 7.95. The predicted octanol–water partition coefficient (Wildman–Crippen LogP) is 0.761. The second kappa shape index (κ2) is 4.28. The third-order valence-electron chi connectivity index (χ3n) is 2.42. The van der Waals surface area contributed by atoms with Crippen LogP contribution in [0, 0.1) is 0 Å². The van der Waals surface area contributed by atoms with Crippen LogP contribution in [0.1, 0.15) is 23.2 Å². The highest BCUT2D eigenvalue weighted by Gasteiger charge is 2.16. The molecule has 0 radical (unpaired) electrons. The van der Waals surface area contributed by atoms with Gasteiger partial charge in [-0.2, -0.15) is 0 Å². The lowest BCUT2D eigenvalue weighted by Crippen LogP contribution is -2.45. The fourth-order valence-electron chi connectivity index (χ4n) is 1.64. The molecule has 1 saturated heterocycles. The van der Waals surface area contributed by atoms with Gasteiger partial charge in [-0.05, 0) is 25.5 Å². The minimum absolute atomic E-state index is 0.0487. The Balaban J connectivity index is 1.87. The lowest BCUT2D eigenvalue weighted by molar-refractivity contribution is 0.0930. The summed E-state index contributed by atoms with van der Waals surface area (Å²) in [5.74, 6) is -0.0487. The summed E-state index contributed by atoms with van der Waals surface area (Å²) in [7, 11) is 0. The molecule has 0 aromatic carbocycles. The summed E-state index contributed by atoms with van der Waals surface area (Å²) in [6, 6.07) is 1.93. The van der Waals surface area contributed by atoms with Crippen LogP contribution in [0.2, 0.25) is 0 Å². The molecular weight excluding hydrogens is 180 g/mol. The molecule has 2 N–H and O–H groups in total. The van der Waals surface area contributed by atoms with Crippen LogP contribution in [0.15, 0.2) is 23.0 Å². The quantitative estimate of drug-likeness (QED) is 0.730. The minimum atomic E-state index is -0.0487. The van der Waals surface area contributed by atoms with E-state index in [1.54, 1.807) is 6.07 Å². The summed E-state index contributed by atoms with van der Waals surface area (Å²) < 4.78 is 4.85. The SMILES string of the molecule is O=C(N[C@@H]1CCCNC1)c1ccoc1. The highest BCUT2D eigenvalue weighted by Crippen LogP contribution is 2.04. The van der Waals surface area contributed by atoms with Gasteiger partial charge in [-0.15, -0.1) is 0 Å². The molecule has 2 rings (SSSR count). The van der Waals surface area contributed by atoms with E-state index >= 15 is 0 Å². The van der Waals surface area contributed by atoms with Crippen molar-refractivity contribution in [3.63, 3.8) is 0 Å². The minimum Gasteiger partial charge on any atom is -0.472 e. The Morgan fingerprint density at radius 1 is 1.64 bits per heavy atom. The predicted molar refractivity (Wildman–Crippen MR) is 52.1 cm³/mol. The Bertz CT molecular complexity index is 289. The fraction of sp³-hybridized carbons (Fsp3) is 0.500. The number of carbonyl (C=O) groups is 1. The van der Waals surface area contributed by atoms with E-state index in [2.05, 4.69) is 10.6 Å². The van der Waals surface area contributed by atoms with Crippen LogP contribution in [0.5, 0.6) is 0 Å². The molecular formula is C10H14N2O2. The number of piperidine rings is 1.